The van der Waals surface area contributed by atoms with E-state index in [-0.39, 0.29) is 0 Å². The summed E-state index contributed by atoms with van der Waals surface area (Å²) in [6.07, 6.45) is 6.09. The minimum absolute atomic E-state index is 0.981. The third-order valence-corrected chi connectivity index (χ3v) is 1.64. The molecule has 0 saturated heterocycles. The number of allylic oxidation sites excluding steroid dienone is 2. The van der Waals surface area contributed by atoms with E-state index in [0.717, 1.165) is 11.6 Å². The summed E-state index contributed by atoms with van der Waals surface area (Å²) in [4.78, 5) is 2.07. The Balaban J connectivity index is 2.66. The van der Waals surface area contributed by atoms with Gasteiger partial charge in [0.25, 0.3) is 0 Å². The van der Waals surface area contributed by atoms with Gasteiger partial charge in [0, 0.05) is 13.6 Å². The first-order valence-electron chi connectivity index (χ1n) is 2.57. The lowest BCUT2D eigenvalue weighted by Gasteiger charge is -2.18. The van der Waals surface area contributed by atoms with Crippen molar-refractivity contribution in [1.82, 2.24) is 4.90 Å². The molecule has 0 unspecified atom stereocenters. The van der Waals surface area contributed by atoms with Crippen molar-refractivity contribution >= 4 is 12.6 Å². The van der Waals surface area contributed by atoms with Crippen LogP contribution in [0.1, 0.15) is 0 Å². The summed E-state index contributed by atoms with van der Waals surface area (Å²) in [6, 6.07) is 0. The van der Waals surface area contributed by atoms with Crippen LogP contribution in [0, 0.1) is 0 Å². The van der Waals surface area contributed by atoms with Crippen LogP contribution in [0.15, 0.2) is 23.3 Å². The van der Waals surface area contributed by atoms with Gasteiger partial charge in [-0.1, -0.05) is 12.2 Å². The molecule has 0 saturated carbocycles. The smallest absolute Gasteiger partial charge is 0.0676 e. The quantitative estimate of drug-likeness (QED) is 0.479. The van der Waals surface area contributed by atoms with Gasteiger partial charge < -0.3 is 4.90 Å². The lowest BCUT2D eigenvalue weighted by Crippen LogP contribution is -2.15. The fourth-order valence-corrected chi connectivity index (χ4v) is 0.762. The topological polar surface area (TPSA) is 3.24 Å². The molecule has 1 heterocycles. The lowest BCUT2D eigenvalue weighted by molar-refractivity contribution is 0.493. The Morgan fingerprint density at radius 3 is 2.88 bits per heavy atom. The number of rotatable bonds is 0. The molecule has 1 rings (SSSR count). The number of nitrogens with zero attached hydrogens (tertiary/aromatic N) is 1. The van der Waals surface area contributed by atoms with Crippen molar-refractivity contribution in [3.8, 4) is 0 Å². The standard InChI is InChI=1S/C6H9NS/c1-7-5-3-2-4-6(7)8/h2-4,8H,5H2,1H3. The predicted octanol–water partition coefficient (Wildman–Crippen LogP) is 1.26. The van der Waals surface area contributed by atoms with Crippen molar-refractivity contribution in [2.45, 2.75) is 0 Å². The third kappa shape index (κ3) is 1.07. The van der Waals surface area contributed by atoms with Gasteiger partial charge in [0.05, 0.1) is 5.03 Å². The number of likely N-dealkylation sites (N-methyl/N-ethyl adjacent to an activating group) is 1. The van der Waals surface area contributed by atoms with Crippen LogP contribution in [0.5, 0.6) is 0 Å². The SMILES string of the molecule is CN1CC=CC=C1S. The molecule has 0 bridgehead atoms. The van der Waals surface area contributed by atoms with Gasteiger partial charge in [0.2, 0.25) is 0 Å². The van der Waals surface area contributed by atoms with Gasteiger partial charge >= 0.3 is 0 Å². The molecule has 0 spiro atoms. The molecular weight excluding hydrogens is 118 g/mol. The van der Waals surface area contributed by atoms with Crippen LogP contribution < -0.4 is 0 Å². The summed E-state index contributed by atoms with van der Waals surface area (Å²) in [5.41, 5.74) is 0. The molecule has 0 fully saturated rings. The molecule has 0 aromatic carbocycles. The highest BCUT2D eigenvalue weighted by Crippen LogP contribution is 2.09. The summed E-state index contributed by atoms with van der Waals surface area (Å²) in [5, 5.41) is 1.03. The summed E-state index contributed by atoms with van der Waals surface area (Å²) in [5.74, 6) is 0. The first-order chi connectivity index (χ1) is 3.80. The largest absolute Gasteiger partial charge is 0.366 e. The van der Waals surface area contributed by atoms with Crippen LogP contribution in [0.25, 0.3) is 0 Å². The second-order valence-corrected chi connectivity index (χ2v) is 2.29. The Bertz CT molecular complexity index is 137. The van der Waals surface area contributed by atoms with Gasteiger partial charge in [-0.2, -0.15) is 0 Å². The van der Waals surface area contributed by atoms with Crippen LogP contribution >= 0.6 is 12.6 Å². The Morgan fingerprint density at radius 1 is 1.75 bits per heavy atom. The molecule has 44 valence electrons. The van der Waals surface area contributed by atoms with E-state index >= 15 is 0 Å². The first-order valence-corrected chi connectivity index (χ1v) is 3.02. The molecule has 0 atom stereocenters. The fourth-order valence-electron chi connectivity index (χ4n) is 0.594. The first kappa shape index (κ1) is 5.76. The average Bonchev–Trinajstić information content (AvgIpc) is 1.77. The maximum absolute atomic E-state index is 4.19. The Kier molecular flexibility index (Phi) is 1.63. The molecule has 0 aromatic rings. The minimum Gasteiger partial charge on any atom is -0.366 e. The maximum atomic E-state index is 4.19. The van der Waals surface area contributed by atoms with E-state index in [1.165, 1.54) is 0 Å². The van der Waals surface area contributed by atoms with Gasteiger partial charge in [0.15, 0.2) is 0 Å². The average molecular weight is 127 g/mol. The summed E-state index contributed by atoms with van der Waals surface area (Å²) < 4.78 is 0. The van der Waals surface area contributed by atoms with E-state index in [1.807, 2.05) is 19.2 Å². The Hall–Kier alpha value is -0.370. The zero-order chi connectivity index (χ0) is 5.98. The third-order valence-electron chi connectivity index (χ3n) is 1.15. The van der Waals surface area contributed by atoms with Gasteiger partial charge in [0.1, 0.15) is 0 Å². The van der Waals surface area contributed by atoms with Gasteiger partial charge in [-0.05, 0) is 6.08 Å². The van der Waals surface area contributed by atoms with E-state index < -0.39 is 0 Å². The minimum atomic E-state index is 0.981. The molecule has 0 aromatic heterocycles. The van der Waals surface area contributed by atoms with Crippen molar-refractivity contribution in [1.29, 1.82) is 0 Å². The van der Waals surface area contributed by atoms with Crippen LogP contribution in [0.2, 0.25) is 0 Å². The van der Waals surface area contributed by atoms with E-state index in [4.69, 9.17) is 0 Å². The van der Waals surface area contributed by atoms with E-state index in [9.17, 15) is 0 Å². The second-order valence-electron chi connectivity index (χ2n) is 1.83. The summed E-state index contributed by atoms with van der Waals surface area (Å²) in [7, 11) is 2.02. The molecule has 2 heteroatoms. The Morgan fingerprint density at radius 2 is 2.50 bits per heavy atom. The van der Waals surface area contributed by atoms with Crippen molar-refractivity contribution in [3.05, 3.63) is 23.3 Å². The van der Waals surface area contributed by atoms with Crippen LogP contribution in [-0.4, -0.2) is 18.5 Å². The number of thiol groups is 1. The molecule has 0 N–H and O–H groups in total. The van der Waals surface area contributed by atoms with Gasteiger partial charge in [-0.3, -0.25) is 0 Å². The second kappa shape index (κ2) is 2.27. The lowest BCUT2D eigenvalue weighted by atomic mass is 10.4. The highest BCUT2D eigenvalue weighted by atomic mass is 32.1. The molecule has 0 amide bonds. The van der Waals surface area contributed by atoms with E-state index in [1.54, 1.807) is 0 Å². The van der Waals surface area contributed by atoms with Crippen LogP contribution in [0.4, 0.5) is 0 Å². The molecule has 0 radical (unpaired) electrons. The van der Waals surface area contributed by atoms with E-state index in [2.05, 4.69) is 23.6 Å². The zero-order valence-corrected chi connectivity index (χ0v) is 5.73. The van der Waals surface area contributed by atoms with E-state index in [0.29, 0.717) is 0 Å². The van der Waals surface area contributed by atoms with Crippen molar-refractivity contribution < 1.29 is 0 Å². The van der Waals surface area contributed by atoms with Crippen molar-refractivity contribution in [2.75, 3.05) is 13.6 Å². The predicted molar refractivity (Wildman–Crippen MR) is 38.8 cm³/mol. The van der Waals surface area contributed by atoms with Crippen LogP contribution in [-0.2, 0) is 0 Å². The van der Waals surface area contributed by atoms with Crippen molar-refractivity contribution in [3.63, 3.8) is 0 Å². The van der Waals surface area contributed by atoms with Gasteiger partial charge in [-0.25, -0.2) is 0 Å². The number of hydrogen-bond acceptors (Lipinski definition) is 2. The molecule has 0 aliphatic carbocycles. The summed E-state index contributed by atoms with van der Waals surface area (Å²) >= 11 is 4.19. The molecular formula is C6H9NS. The monoisotopic (exact) mass is 127 g/mol. The van der Waals surface area contributed by atoms with Gasteiger partial charge in [-0.15, -0.1) is 12.6 Å². The van der Waals surface area contributed by atoms with Crippen molar-refractivity contribution in [2.24, 2.45) is 0 Å². The van der Waals surface area contributed by atoms with Crippen LogP contribution in [0.3, 0.4) is 0 Å². The molecule has 1 aliphatic rings. The highest BCUT2D eigenvalue weighted by Gasteiger charge is 1.97. The normalized spacial score (nSPS) is 18.8. The molecule has 8 heavy (non-hydrogen) atoms. The fraction of sp³-hybridized carbons (Fsp3) is 0.333. The molecule has 1 aliphatic heterocycles. The summed E-state index contributed by atoms with van der Waals surface area (Å²) in [6.45, 7) is 0.981. The highest BCUT2D eigenvalue weighted by molar-refractivity contribution is 7.84. The molecule has 1 nitrogen and oxygen atoms in total. The zero-order valence-electron chi connectivity index (χ0n) is 4.83. The number of hydrogen-bond donors (Lipinski definition) is 1. The Labute approximate surface area is 55.1 Å². The maximum Gasteiger partial charge on any atom is 0.0676 e.